The monoisotopic (exact) mass is 794 g/mol. The molecule has 0 heterocycles. The van der Waals surface area contributed by atoms with E-state index in [-0.39, 0.29) is 23.8 Å². The zero-order valence-corrected chi connectivity index (χ0v) is 38.1. The fourth-order valence-electron chi connectivity index (χ4n) is 7.76. The first kappa shape index (κ1) is 54.4. The second-order valence-electron chi connectivity index (χ2n) is 16.9. The molecule has 0 saturated heterocycles. The van der Waals surface area contributed by atoms with Gasteiger partial charge >= 0.3 is 17.9 Å². The van der Waals surface area contributed by atoms with Gasteiger partial charge in [-0.15, -0.1) is 0 Å². The minimum atomic E-state index is -0.130. The molecule has 0 bridgehead atoms. The lowest BCUT2D eigenvalue weighted by atomic mass is 9.81. The summed E-state index contributed by atoms with van der Waals surface area (Å²) in [6.07, 6.45) is 38.4. The van der Waals surface area contributed by atoms with Crippen LogP contribution in [-0.4, -0.2) is 62.8 Å². The molecule has 0 aliphatic heterocycles. The minimum Gasteiger partial charge on any atom is -0.466 e. The summed E-state index contributed by atoms with van der Waals surface area (Å²) >= 11 is 0. The second-order valence-corrected chi connectivity index (χ2v) is 16.9. The maximum absolute atomic E-state index is 13.5. The van der Waals surface area contributed by atoms with Gasteiger partial charge in [0, 0.05) is 12.8 Å². The Labute approximate surface area is 348 Å². The predicted octanol–water partition coefficient (Wildman–Crippen LogP) is 14.1. The molecule has 0 radical (unpaired) electrons. The molecule has 7 heteroatoms. The lowest BCUT2D eigenvalue weighted by Gasteiger charge is -2.26. The lowest BCUT2D eigenvalue weighted by molar-refractivity contribution is -0.151. The van der Waals surface area contributed by atoms with E-state index in [1.165, 1.54) is 122 Å². The Kier molecular flexibility index (Phi) is 41.7. The van der Waals surface area contributed by atoms with Crippen LogP contribution in [0.5, 0.6) is 0 Å². The maximum Gasteiger partial charge on any atom is 0.309 e. The van der Waals surface area contributed by atoms with Crippen LogP contribution in [0.1, 0.15) is 246 Å². The molecule has 0 fully saturated rings. The topological polar surface area (TPSA) is 82.1 Å². The van der Waals surface area contributed by atoms with Crippen molar-refractivity contribution in [3.05, 3.63) is 0 Å². The smallest absolute Gasteiger partial charge is 0.309 e. The highest BCUT2D eigenvalue weighted by Crippen LogP contribution is 2.30. The van der Waals surface area contributed by atoms with Crippen LogP contribution in [0.4, 0.5) is 0 Å². The highest BCUT2D eigenvalue weighted by Gasteiger charge is 2.28. The molecule has 0 aromatic heterocycles. The fourth-order valence-corrected chi connectivity index (χ4v) is 7.76. The van der Waals surface area contributed by atoms with Crippen LogP contribution in [0.25, 0.3) is 0 Å². The van der Waals surface area contributed by atoms with Crippen molar-refractivity contribution in [2.75, 3.05) is 40.0 Å². The van der Waals surface area contributed by atoms with Gasteiger partial charge in [0.05, 0.1) is 25.7 Å². The highest BCUT2D eigenvalue weighted by atomic mass is 16.5. The number of unbranched alkanes of at least 4 members (excludes halogenated alkanes) is 23. The van der Waals surface area contributed by atoms with Crippen LogP contribution in [0, 0.1) is 11.8 Å². The van der Waals surface area contributed by atoms with Crippen molar-refractivity contribution in [3.8, 4) is 0 Å². The molecule has 332 valence electrons. The largest absolute Gasteiger partial charge is 0.466 e. The van der Waals surface area contributed by atoms with Crippen molar-refractivity contribution in [2.45, 2.75) is 246 Å². The van der Waals surface area contributed by atoms with E-state index in [0.29, 0.717) is 38.6 Å². The van der Waals surface area contributed by atoms with Crippen molar-refractivity contribution >= 4 is 17.9 Å². The molecule has 0 aliphatic carbocycles. The summed E-state index contributed by atoms with van der Waals surface area (Å²) in [5.41, 5.74) is 0. The van der Waals surface area contributed by atoms with Crippen LogP contribution < -0.4 is 0 Å². The van der Waals surface area contributed by atoms with E-state index in [1.807, 2.05) is 6.92 Å². The average molecular weight is 794 g/mol. The summed E-state index contributed by atoms with van der Waals surface area (Å²) < 4.78 is 16.7. The molecule has 0 aromatic rings. The van der Waals surface area contributed by atoms with Crippen LogP contribution in [-0.2, 0) is 28.6 Å². The third-order valence-corrected chi connectivity index (χ3v) is 11.6. The van der Waals surface area contributed by atoms with E-state index in [4.69, 9.17) is 14.2 Å². The minimum absolute atomic E-state index is 0.0110. The van der Waals surface area contributed by atoms with Gasteiger partial charge in [-0.3, -0.25) is 14.4 Å². The first-order valence-corrected chi connectivity index (χ1v) is 24.6. The number of hydrogen-bond donors (Lipinski definition) is 0. The van der Waals surface area contributed by atoms with Crippen molar-refractivity contribution in [2.24, 2.45) is 11.8 Å². The van der Waals surface area contributed by atoms with Gasteiger partial charge in [-0.2, -0.15) is 0 Å². The summed E-state index contributed by atoms with van der Waals surface area (Å²) in [7, 11) is 2.25. The van der Waals surface area contributed by atoms with Crippen LogP contribution in [0.3, 0.4) is 0 Å². The third kappa shape index (κ3) is 36.7. The normalized spacial score (nSPS) is 12.5. The summed E-state index contributed by atoms with van der Waals surface area (Å²) in [6.45, 7) is 12.5. The van der Waals surface area contributed by atoms with E-state index >= 15 is 0 Å². The lowest BCUT2D eigenvalue weighted by Crippen LogP contribution is -2.27. The number of ether oxygens (including phenoxy) is 3. The molecule has 7 nitrogen and oxygen atoms in total. The summed E-state index contributed by atoms with van der Waals surface area (Å²) in [4.78, 5) is 39.6. The summed E-state index contributed by atoms with van der Waals surface area (Å²) in [5.74, 6) is 0.222. The van der Waals surface area contributed by atoms with Crippen LogP contribution in [0.15, 0.2) is 0 Å². The standard InChI is InChI=1S/C49H95NO6/c1-6-10-13-15-19-26-33-42-55-48(52)39-29-23-17-18-24-31-40-50(5)41-32-25-21-22-28-38-46(49(53)56-44-34-27-20-16-14-11-7-2)45(36-12-8-3)37-30-35-43-54-47(51)9-4/h45-46H,6-44H2,1-5H3. The molecule has 0 rings (SSSR count). The van der Waals surface area contributed by atoms with Gasteiger partial charge in [0.15, 0.2) is 0 Å². The Morgan fingerprint density at radius 2 is 0.804 bits per heavy atom. The van der Waals surface area contributed by atoms with E-state index in [0.717, 1.165) is 96.6 Å². The van der Waals surface area contributed by atoms with Crippen molar-refractivity contribution in [3.63, 3.8) is 0 Å². The zero-order chi connectivity index (χ0) is 41.2. The zero-order valence-electron chi connectivity index (χ0n) is 38.1. The Morgan fingerprint density at radius 1 is 0.411 bits per heavy atom. The molecule has 0 aromatic carbocycles. The van der Waals surface area contributed by atoms with Gasteiger partial charge < -0.3 is 19.1 Å². The number of esters is 3. The number of carbonyl (C=O) groups excluding carboxylic acids is 3. The van der Waals surface area contributed by atoms with Crippen LogP contribution >= 0.6 is 0 Å². The van der Waals surface area contributed by atoms with Gasteiger partial charge in [-0.25, -0.2) is 0 Å². The quantitative estimate of drug-likeness (QED) is 0.0345. The van der Waals surface area contributed by atoms with E-state index in [9.17, 15) is 14.4 Å². The number of rotatable bonds is 44. The first-order valence-electron chi connectivity index (χ1n) is 24.6. The summed E-state index contributed by atoms with van der Waals surface area (Å²) in [6, 6.07) is 0. The highest BCUT2D eigenvalue weighted by molar-refractivity contribution is 5.72. The van der Waals surface area contributed by atoms with Crippen molar-refractivity contribution in [1.29, 1.82) is 0 Å². The first-order chi connectivity index (χ1) is 27.4. The second kappa shape index (κ2) is 43.0. The molecule has 0 spiro atoms. The molecule has 0 amide bonds. The van der Waals surface area contributed by atoms with Crippen molar-refractivity contribution < 1.29 is 28.6 Å². The maximum atomic E-state index is 13.5. The van der Waals surface area contributed by atoms with E-state index in [1.54, 1.807) is 0 Å². The Bertz CT molecular complexity index is 866. The SMILES string of the molecule is CCCCCCCCCOC(=O)CCCCCCCCN(C)CCCCCCCC(C(=O)OCCCCCCCCC)C(CCCC)CCCCOC(=O)CC. The number of nitrogens with zero attached hydrogens (tertiary/aromatic N) is 1. The van der Waals surface area contributed by atoms with Gasteiger partial charge in [0.1, 0.15) is 0 Å². The third-order valence-electron chi connectivity index (χ3n) is 11.6. The molecule has 2 unspecified atom stereocenters. The van der Waals surface area contributed by atoms with Gasteiger partial charge in [0.2, 0.25) is 0 Å². The van der Waals surface area contributed by atoms with Crippen molar-refractivity contribution in [1.82, 2.24) is 4.90 Å². The summed E-state index contributed by atoms with van der Waals surface area (Å²) in [5, 5.41) is 0. The van der Waals surface area contributed by atoms with E-state index < -0.39 is 0 Å². The molecule has 0 saturated carbocycles. The van der Waals surface area contributed by atoms with Gasteiger partial charge in [-0.05, 0) is 90.3 Å². The average Bonchev–Trinajstić information content (AvgIpc) is 3.19. The molecule has 0 aliphatic rings. The van der Waals surface area contributed by atoms with Crippen LogP contribution in [0.2, 0.25) is 0 Å². The van der Waals surface area contributed by atoms with Gasteiger partial charge in [-0.1, -0.05) is 169 Å². The van der Waals surface area contributed by atoms with Gasteiger partial charge in [0.25, 0.3) is 0 Å². The molecular formula is C49H95NO6. The Morgan fingerprint density at radius 3 is 1.34 bits per heavy atom. The molecule has 2 atom stereocenters. The number of carbonyl (C=O) groups is 3. The Balaban J connectivity index is 4.29. The molecule has 56 heavy (non-hydrogen) atoms. The van der Waals surface area contributed by atoms with E-state index in [2.05, 4.69) is 32.7 Å². The number of hydrogen-bond acceptors (Lipinski definition) is 7. The molecular weight excluding hydrogens is 699 g/mol. The fraction of sp³-hybridized carbons (Fsp3) is 0.939. The Hall–Kier alpha value is -1.63. The molecule has 0 N–H and O–H groups in total. The predicted molar refractivity (Wildman–Crippen MR) is 237 cm³/mol.